The minimum atomic E-state index is -2.55. The lowest BCUT2D eigenvalue weighted by Gasteiger charge is -2.27. The second-order valence-electron chi connectivity index (χ2n) is 4.24. The van der Waals surface area contributed by atoms with Crippen LogP contribution in [0.5, 0.6) is 0 Å². The fraction of sp³-hybridized carbons (Fsp3) is 0.636. The molecular weight excluding hydrogens is 232 g/mol. The zero-order valence-electron chi connectivity index (χ0n) is 8.79. The van der Waals surface area contributed by atoms with Crippen molar-refractivity contribution in [3.8, 4) is 0 Å². The molecule has 1 fully saturated rings. The Morgan fingerprint density at radius 2 is 2.19 bits per heavy atom. The number of alkyl halides is 2. The Hall–Kier alpha value is -0.840. The lowest BCUT2D eigenvalue weighted by molar-refractivity contribution is -0.126. The standard InChI is InChI=1S/C11H13F2NOS/c12-11(13)3-1-8(2-4-11)10(15)5-9-6-14-7-16-9/h6-8H,1-5H2. The third-order valence-electron chi connectivity index (χ3n) is 3.00. The third kappa shape index (κ3) is 2.84. The Kier molecular flexibility index (Phi) is 3.33. The van der Waals surface area contributed by atoms with Crippen molar-refractivity contribution in [2.45, 2.75) is 38.0 Å². The average molecular weight is 245 g/mol. The number of rotatable bonds is 3. The highest BCUT2D eigenvalue weighted by atomic mass is 32.1. The molecule has 0 bridgehead atoms. The summed E-state index contributed by atoms with van der Waals surface area (Å²) in [5.41, 5.74) is 1.68. The van der Waals surface area contributed by atoms with Crippen LogP contribution in [0.2, 0.25) is 0 Å². The Balaban J connectivity index is 1.87. The van der Waals surface area contributed by atoms with E-state index in [-0.39, 0.29) is 24.5 Å². The molecule has 2 nitrogen and oxygen atoms in total. The van der Waals surface area contributed by atoms with Crippen LogP contribution in [0.1, 0.15) is 30.6 Å². The summed E-state index contributed by atoms with van der Waals surface area (Å²) >= 11 is 1.43. The molecule has 0 N–H and O–H groups in total. The van der Waals surface area contributed by atoms with E-state index in [1.165, 1.54) is 11.3 Å². The van der Waals surface area contributed by atoms with Gasteiger partial charge in [-0.2, -0.15) is 0 Å². The molecule has 5 heteroatoms. The normalized spacial score (nSPS) is 20.9. The minimum Gasteiger partial charge on any atom is -0.299 e. The third-order valence-corrected chi connectivity index (χ3v) is 3.78. The van der Waals surface area contributed by atoms with E-state index in [9.17, 15) is 13.6 Å². The van der Waals surface area contributed by atoms with Gasteiger partial charge in [0.2, 0.25) is 5.92 Å². The molecule has 1 aromatic rings. The molecular formula is C11H13F2NOS. The van der Waals surface area contributed by atoms with Crippen molar-refractivity contribution in [2.24, 2.45) is 5.92 Å². The summed E-state index contributed by atoms with van der Waals surface area (Å²) in [6, 6.07) is 0. The molecule has 0 amide bonds. The minimum absolute atomic E-state index is 0.0831. The van der Waals surface area contributed by atoms with Crippen LogP contribution in [0.15, 0.2) is 11.7 Å². The summed E-state index contributed by atoms with van der Waals surface area (Å²) < 4.78 is 25.8. The molecule has 0 unspecified atom stereocenters. The summed E-state index contributed by atoms with van der Waals surface area (Å²) in [6.45, 7) is 0. The number of carbonyl (C=O) groups is 1. The maximum absolute atomic E-state index is 12.9. The van der Waals surface area contributed by atoms with Crippen LogP contribution < -0.4 is 0 Å². The van der Waals surface area contributed by atoms with Crippen molar-refractivity contribution >= 4 is 17.1 Å². The van der Waals surface area contributed by atoms with Crippen LogP contribution in [0.4, 0.5) is 8.78 Å². The number of aromatic nitrogens is 1. The number of hydrogen-bond donors (Lipinski definition) is 0. The van der Waals surface area contributed by atoms with Crippen molar-refractivity contribution in [2.75, 3.05) is 0 Å². The lowest BCUT2D eigenvalue weighted by atomic mass is 9.83. The first-order valence-electron chi connectivity index (χ1n) is 5.35. The predicted molar refractivity (Wildman–Crippen MR) is 57.7 cm³/mol. The van der Waals surface area contributed by atoms with Gasteiger partial charge in [0.15, 0.2) is 0 Å². The summed E-state index contributed by atoms with van der Waals surface area (Å²) in [6.07, 6.45) is 2.37. The smallest absolute Gasteiger partial charge is 0.248 e. The zero-order chi connectivity index (χ0) is 11.6. The van der Waals surface area contributed by atoms with Gasteiger partial charge in [-0.05, 0) is 12.8 Å². The monoisotopic (exact) mass is 245 g/mol. The molecule has 0 saturated heterocycles. The lowest BCUT2D eigenvalue weighted by Crippen LogP contribution is -2.29. The van der Waals surface area contributed by atoms with Crippen LogP contribution >= 0.6 is 11.3 Å². The van der Waals surface area contributed by atoms with E-state index in [0.29, 0.717) is 19.3 Å². The van der Waals surface area contributed by atoms with E-state index in [1.54, 1.807) is 11.7 Å². The highest BCUT2D eigenvalue weighted by molar-refractivity contribution is 7.09. The fourth-order valence-corrected chi connectivity index (χ4v) is 2.61. The van der Waals surface area contributed by atoms with Gasteiger partial charge in [0.05, 0.1) is 5.51 Å². The first-order chi connectivity index (χ1) is 7.57. The molecule has 0 atom stereocenters. The highest BCUT2D eigenvalue weighted by Crippen LogP contribution is 2.36. The number of hydrogen-bond acceptors (Lipinski definition) is 3. The molecule has 1 saturated carbocycles. The van der Waals surface area contributed by atoms with Crippen molar-refractivity contribution < 1.29 is 13.6 Å². The van der Waals surface area contributed by atoms with E-state index < -0.39 is 5.92 Å². The largest absolute Gasteiger partial charge is 0.299 e. The summed E-state index contributed by atoms with van der Waals surface area (Å²) in [4.78, 5) is 16.6. The summed E-state index contributed by atoms with van der Waals surface area (Å²) in [5, 5.41) is 0. The van der Waals surface area contributed by atoms with E-state index in [4.69, 9.17) is 0 Å². The average Bonchev–Trinajstić information content (AvgIpc) is 2.70. The molecule has 16 heavy (non-hydrogen) atoms. The van der Waals surface area contributed by atoms with Gasteiger partial charge in [0, 0.05) is 36.3 Å². The number of carbonyl (C=O) groups excluding carboxylic acids is 1. The zero-order valence-corrected chi connectivity index (χ0v) is 9.60. The molecule has 0 aliphatic heterocycles. The topological polar surface area (TPSA) is 30.0 Å². The van der Waals surface area contributed by atoms with E-state index in [2.05, 4.69) is 4.98 Å². The van der Waals surface area contributed by atoms with Crippen LogP contribution in [0, 0.1) is 5.92 Å². The fourth-order valence-electron chi connectivity index (χ4n) is 2.01. The molecule has 1 heterocycles. The van der Waals surface area contributed by atoms with Gasteiger partial charge >= 0.3 is 0 Å². The predicted octanol–water partition coefficient (Wildman–Crippen LogP) is 3.08. The Morgan fingerprint density at radius 3 is 2.75 bits per heavy atom. The van der Waals surface area contributed by atoms with E-state index in [0.717, 1.165) is 4.88 Å². The molecule has 1 aromatic heterocycles. The first kappa shape index (κ1) is 11.6. The highest BCUT2D eigenvalue weighted by Gasteiger charge is 2.37. The van der Waals surface area contributed by atoms with Crippen molar-refractivity contribution in [3.63, 3.8) is 0 Å². The van der Waals surface area contributed by atoms with Gasteiger partial charge in [0.25, 0.3) is 0 Å². The van der Waals surface area contributed by atoms with Crippen LogP contribution in [-0.4, -0.2) is 16.7 Å². The molecule has 88 valence electrons. The second kappa shape index (κ2) is 4.57. The quantitative estimate of drug-likeness (QED) is 0.819. The molecule has 1 aliphatic carbocycles. The molecule has 0 spiro atoms. The maximum Gasteiger partial charge on any atom is 0.248 e. The maximum atomic E-state index is 12.9. The molecule has 0 radical (unpaired) electrons. The van der Waals surface area contributed by atoms with Gasteiger partial charge in [0.1, 0.15) is 5.78 Å². The molecule has 2 rings (SSSR count). The number of halogens is 2. The van der Waals surface area contributed by atoms with E-state index >= 15 is 0 Å². The Morgan fingerprint density at radius 1 is 1.50 bits per heavy atom. The number of nitrogens with zero attached hydrogens (tertiary/aromatic N) is 1. The van der Waals surface area contributed by atoms with Crippen LogP contribution in [-0.2, 0) is 11.2 Å². The van der Waals surface area contributed by atoms with Gasteiger partial charge in [-0.1, -0.05) is 0 Å². The molecule has 1 aliphatic rings. The van der Waals surface area contributed by atoms with Crippen molar-refractivity contribution in [3.05, 3.63) is 16.6 Å². The summed E-state index contributed by atoms with van der Waals surface area (Å²) in [7, 11) is 0. The molecule has 0 aromatic carbocycles. The Labute approximate surface area is 96.7 Å². The Bertz CT molecular complexity index is 354. The van der Waals surface area contributed by atoms with Gasteiger partial charge in [-0.15, -0.1) is 11.3 Å². The number of Topliss-reactive ketones (excluding diaryl/α,β-unsaturated/α-hetero) is 1. The van der Waals surface area contributed by atoms with Gasteiger partial charge in [-0.25, -0.2) is 8.78 Å². The van der Waals surface area contributed by atoms with E-state index in [1.807, 2.05) is 0 Å². The number of thiazole rings is 1. The van der Waals surface area contributed by atoms with Crippen molar-refractivity contribution in [1.82, 2.24) is 4.98 Å². The first-order valence-corrected chi connectivity index (χ1v) is 6.23. The van der Waals surface area contributed by atoms with Crippen LogP contribution in [0.3, 0.4) is 0 Å². The second-order valence-corrected chi connectivity index (χ2v) is 5.21. The van der Waals surface area contributed by atoms with Gasteiger partial charge < -0.3 is 0 Å². The SMILES string of the molecule is O=C(Cc1cncs1)C1CCC(F)(F)CC1. The summed E-state index contributed by atoms with van der Waals surface area (Å²) in [5.74, 6) is -2.65. The van der Waals surface area contributed by atoms with Gasteiger partial charge in [-0.3, -0.25) is 9.78 Å². The van der Waals surface area contributed by atoms with Crippen molar-refractivity contribution in [1.29, 1.82) is 0 Å². The van der Waals surface area contributed by atoms with Crippen LogP contribution in [0.25, 0.3) is 0 Å². The number of ketones is 1.